The Bertz CT molecular complexity index is 695. The number of esters is 1. The molecule has 0 N–H and O–H groups in total. The monoisotopic (exact) mass is 406 g/mol. The van der Waals surface area contributed by atoms with E-state index in [1.807, 2.05) is 32.0 Å². The quantitative estimate of drug-likeness (QED) is 0.510. The van der Waals surface area contributed by atoms with Crippen molar-refractivity contribution >= 4 is 14.3 Å². The molecular formula is C22H34O5Si. The number of hydrogen-bond acceptors (Lipinski definition) is 5. The van der Waals surface area contributed by atoms with Gasteiger partial charge in [0.05, 0.1) is 6.10 Å². The van der Waals surface area contributed by atoms with Crippen molar-refractivity contribution in [1.82, 2.24) is 0 Å². The summed E-state index contributed by atoms with van der Waals surface area (Å²) in [4.78, 5) is 11.7. The summed E-state index contributed by atoms with van der Waals surface area (Å²) in [5.41, 5.74) is 1.06. The Labute approximate surface area is 169 Å². The Morgan fingerprint density at radius 3 is 2.32 bits per heavy atom. The van der Waals surface area contributed by atoms with Crippen molar-refractivity contribution in [3.05, 3.63) is 35.9 Å². The van der Waals surface area contributed by atoms with Crippen LogP contribution in [0, 0.1) is 0 Å². The van der Waals surface area contributed by atoms with Crippen LogP contribution in [0.15, 0.2) is 30.3 Å². The largest absolute Gasteiger partial charge is 0.459 e. The fourth-order valence-electron chi connectivity index (χ4n) is 3.58. The van der Waals surface area contributed by atoms with E-state index in [2.05, 4.69) is 46.0 Å². The van der Waals surface area contributed by atoms with Crippen molar-refractivity contribution < 1.29 is 23.4 Å². The Morgan fingerprint density at radius 1 is 1.14 bits per heavy atom. The average molecular weight is 407 g/mol. The Balaban J connectivity index is 1.97. The van der Waals surface area contributed by atoms with Crippen LogP contribution in [0.5, 0.6) is 0 Å². The van der Waals surface area contributed by atoms with Gasteiger partial charge in [-0.3, -0.25) is 4.79 Å². The van der Waals surface area contributed by atoms with Gasteiger partial charge < -0.3 is 18.6 Å². The first-order valence-corrected chi connectivity index (χ1v) is 13.1. The molecule has 0 saturated carbocycles. The van der Waals surface area contributed by atoms with Crippen LogP contribution in [0.3, 0.4) is 0 Å². The summed E-state index contributed by atoms with van der Waals surface area (Å²) in [7, 11) is -2.09. The molecule has 0 unspecified atom stereocenters. The van der Waals surface area contributed by atoms with E-state index in [1.54, 1.807) is 0 Å². The minimum absolute atomic E-state index is 0.0599. The molecule has 6 heteroatoms. The van der Waals surface area contributed by atoms with E-state index in [0.717, 1.165) is 5.56 Å². The molecule has 156 valence electrons. The average Bonchev–Trinajstić information content (AvgIpc) is 3.15. The highest BCUT2D eigenvalue weighted by Crippen LogP contribution is 2.45. The lowest BCUT2D eigenvalue weighted by atomic mass is 9.96. The highest BCUT2D eigenvalue weighted by atomic mass is 28.4. The molecule has 1 aromatic carbocycles. The summed E-state index contributed by atoms with van der Waals surface area (Å²) in [5.74, 6) is -0.924. The first-order chi connectivity index (χ1) is 12.9. The lowest BCUT2D eigenvalue weighted by Crippen LogP contribution is -2.47. The number of benzene rings is 1. The molecule has 1 aromatic rings. The molecule has 4 atom stereocenters. The molecule has 2 aliphatic heterocycles. The summed E-state index contributed by atoms with van der Waals surface area (Å²) >= 11 is 0. The zero-order valence-corrected chi connectivity index (χ0v) is 19.2. The van der Waals surface area contributed by atoms with Crippen molar-refractivity contribution in [2.24, 2.45) is 0 Å². The zero-order valence-electron chi connectivity index (χ0n) is 18.2. The van der Waals surface area contributed by atoms with Crippen LogP contribution in [-0.4, -0.2) is 38.4 Å². The van der Waals surface area contributed by atoms with Crippen LogP contribution in [0.4, 0.5) is 0 Å². The van der Waals surface area contributed by atoms with Gasteiger partial charge in [0.1, 0.15) is 18.3 Å². The summed E-state index contributed by atoms with van der Waals surface area (Å²) in [6.45, 7) is 15.0. The number of carbonyl (C=O) groups excluding carboxylic acids is 1. The van der Waals surface area contributed by atoms with Gasteiger partial charge in [0.25, 0.3) is 0 Å². The van der Waals surface area contributed by atoms with Crippen molar-refractivity contribution in [3.63, 3.8) is 0 Å². The predicted octanol–water partition coefficient (Wildman–Crippen LogP) is 4.98. The molecule has 28 heavy (non-hydrogen) atoms. The van der Waals surface area contributed by atoms with E-state index < -0.39 is 14.1 Å². The van der Waals surface area contributed by atoms with Gasteiger partial charge in [0.2, 0.25) is 0 Å². The third kappa shape index (κ3) is 4.51. The second kappa shape index (κ2) is 7.56. The molecule has 3 rings (SSSR count). The first kappa shape index (κ1) is 21.5. The standard InChI is InChI=1S/C22H34O5Si/c1-21(2,3)28(6,7)27-18(15-11-9-8-10-12-15)20-19(25-22(4,5)26-20)16-13-14-17(23)24-16/h8-12,16,18-20H,13-14H2,1-7H3/t16-,18-,19+,20+/m0/s1. The van der Waals surface area contributed by atoms with Gasteiger partial charge in [0, 0.05) is 6.42 Å². The highest BCUT2D eigenvalue weighted by Gasteiger charge is 2.53. The normalized spacial score (nSPS) is 29.0. The van der Waals surface area contributed by atoms with E-state index in [4.69, 9.17) is 18.6 Å². The molecule has 0 radical (unpaired) electrons. The van der Waals surface area contributed by atoms with Crippen molar-refractivity contribution in [3.8, 4) is 0 Å². The molecule has 0 spiro atoms. The molecule has 0 aromatic heterocycles. The van der Waals surface area contributed by atoms with Crippen LogP contribution in [0.25, 0.3) is 0 Å². The van der Waals surface area contributed by atoms with Gasteiger partial charge >= 0.3 is 5.97 Å². The second-order valence-electron chi connectivity index (χ2n) is 9.84. The van der Waals surface area contributed by atoms with E-state index in [1.165, 1.54) is 0 Å². The fraction of sp³-hybridized carbons (Fsp3) is 0.682. The van der Waals surface area contributed by atoms with E-state index in [-0.39, 0.29) is 35.4 Å². The van der Waals surface area contributed by atoms with Crippen LogP contribution < -0.4 is 0 Å². The maximum absolute atomic E-state index is 11.7. The summed E-state index contributed by atoms with van der Waals surface area (Å²) in [5, 5.41) is 0.0599. The van der Waals surface area contributed by atoms with Gasteiger partial charge in [0.15, 0.2) is 14.1 Å². The first-order valence-electron chi connectivity index (χ1n) is 10.2. The van der Waals surface area contributed by atoms with Crippen LogP contribution in [-0.2, 0) is 23.4 Å². The van der Waals surface area contributed by atoms with Gasteiger partial charge in [-0.15, -0.1) is 0 Å². The number of rotatable bonds is 5. The predicted molar refractivity (Wildman–Crippen MR) is 110 cm³/mol. The lowest BCUT2D eigenvalue weighted by molar-refractivity contribution is -0.165. The van der Waals surface area contributed by atoms with E-state index in [0.29, 0.717) is 12.8 Å². The van der Waals surface area contributed by atoms with Crippen LogP contribution in [0.2, 0.25) is 18.1 Å². The molecular weight excluding hydrogens is 372 g/mol. The topological polar surface area (TPSA) is 54.0 Å². The minimum atomic E-state index is -2.09. The van der Waals surface area contributed by atoms with Crippen molar-refractivity contribution in [2.45, 2.75) is 95.8 Å². The molecule has 2 heterocycles. The summed E-state index contributed by atoms with van der Waals surface area (Å²) in [6.07, 6.45) is -0.196. The minimum Gasteiger partial charge on any atom is -0.459 e. The summed E-state index contributed by atoms with van der Waals surface area (Å²) < 4.78 is 25.0. The van der Waals surface area contributed by atoms with Crippen LogP contribution in [0.1, 0.15) is 59.1 Å². The third-order valence-corrected chi connectivity index (χ3v) is 10.6. The molecule has 2 fully saturated rings. The number of cyclic esters (lactones) is 1. The van der Waals surface area contributed by atoms with Gasteiger partial charge in [-0.1, -0.05) is 51.1 Å². The Morgan fingerprint density at radius 2 is 1.79 bits per heavy atom. The Kier molecular flexibility index (Phi) is 5.80. The highest BCUT2D eigenvalue weighted by molar-refractivity contribution is 6.74. The van der Waals surface area contributed by atoms with E-state index in [9.17, 15) is 4.79 Å². The SMILES string of the molecule is CC1(C)O[C@H]([C@@H]2CCC(=O)O2)[C@@H]([C@@H](O[Si](C)(C)C(C)(C)C)c2ccccc2)O1. The molecule has 2 saturated heterocycles. The molecule has 5 nitrogen and oxygen atoms in total. The smallest absolute Gasteiger partial charge is 0.306 e. The van der Waals surface area contributed by atoms with Crippen molar-refractivity contribution in [2.75, 3.05) is 0 Å². The number of carbonyl (C=O) groups is 1. The second-order valence-corrected chi connectivity index (χ2v) is 14.6. The molecule has 2 aliphatic rings. The lowest BCUT2D eigenvalue weighted by Gasteiger charge is -2.41. The maximum Gasteiger partial charge on any atom is 0.306 e. The Hall–Kier alpha value is -1.21. The number of hydrogen-bond donors (Lipinski definition) is 0. The van der Waals surface area contributed by atoms with Crippen LogP contribution >= 0.6 is 0 Å². The number of ether oxygens (including phenoxy) is 3. The molecule has 0 bridgehead atoms. The maximum atomic E-state index is 11.7. The van der Waals surface area contributed by atoms with E-state index >= 15 is 0 Å². The molecule has 0 aliphatic carbocycles. The third-order valence-electron chi connectivity index (χ3n) is 6.10. The zero-order chi connectivity index (χ0) is 20.7. The fourth-order valence-corrected chi connectivity index (χ4v) is 4.84. The van der Waals surface area contributed by atoms with Gasteiger partial charge in [-0.05, 0) is 44.0 Å². The summed E-state index contributed by atoms with van der Waals surface area (Å²) in [6, 6.07) is 10.2. The van der Waals surface area contributed by atoms with Crippen molar-refractivity contribution in [1.29, 1.82) is 0 Å². The van der Waals surface area contributed by atoms with Gasteiger partial charge in [-0.25, -0.2) is 0 Å². The molecule has 0 amide bonds. The van der Waals surface area contributed by atoms with Gasteiger partial charge in [-0.2, -0.15) is 0 Å².